The van der Waals surface area contributed by atoms with Gasteiger partial charge in [-0.1, -0.05) is 13.8 Å². The van der Waals surface area contributed by atoms with Crippen LogP contribution in [0.4, 0.5) is 0 Å². The van der Waals surface area contributed by atoms with Crippen LogP contribution in [-0.2, 0) is 17.6 Å². The van der Waals surface area contributed by atoms with E-state index in [9.17, 15) is 5.26 Å². The van der Waals surface area contributed by atoms with Gasteiger partial charge in [-0.05, 0) is 32.3 Å². The highest BCUT2D eigenvalue weighted by Crippen LogP contribution is 2.22. The van der Waals surface area contributed by atoms with Crippen LogP contribution in [0, 0.1) is 11.3 Å². The summed E-state index contributed by atoms with van der Waals surface area (Å²) >= 11 is 0. The van der Waals surface area contributed by atoms with Crippen LogP contribution < -0.4 is 4.74 Å². The van der Waals surface area contributed by atoms with E-state index in [-0.39, 0.29) is 6.10 Å². The zero-order chi connectivity index (χ0) is 14.3. The van der Waals surface area contributed by atoms with Crippen LogP contribution in [0.3, 0.4) is 0 Å². The van der Waals surface area contributed by atoms with Gasteiger partial charge in [0.05, 0.1) is 12.3 Å². The Labute approximate surface area is 114 Å². The van der Waals surface area contributed by atoms with Crippen LogP contribution in [0.5, 0.6) is 5.88 Å². The lowest BCUT2D eigenvalue weighted by molar-refractivity contribution is 0.0625. The summed E-state index contributed by atoms with van der Waals surface area (Å²) in [5.74, 6) is 0.309. The summed E-state index contributed by atoms with van der Waals surface area (Å²) in [6.45, 7) is 8.93. The van der Waals surface area contributed by atoms with Crippen LogP contribution in [0.1, 0.15) is 44.5 Å². The Bertz CT molecular complexity index is 455. The van der Waals surface area contributed by atoms with E-state index >= 15 is 0 Å². The van der Waals surface area contributed by atoms with Crippen LogP contribution in [0.2, 0.25) is 0 Å². The third-order valence-electron chi connectivity index (χ3n) is 2.80. The van der Waals surface area contributed by atoms with Crippen LogP contribution >= 0.6 is 0 Å². The first-order valence-electron chi connectivity index (χ1n) is 6.70. The Hall–Kier alpha value is -1.67. The molecule has 104 valence electrons. The van der Waals surface area contributed by atoms with E-state index in [4.69, 9.17) is 9.47 Å². The highest BCUT2D eigenvalue weighted by Gasteiger charge is 2.17. The molecule has 1 aromatic rings. The topological polar surface area (TPSA) is 68.0 Å². The molecule has 1 atom stereocenters. The largest absolute Gasteiger partial charge is 0.470 e. The monoisotopic (exact) mass is 263 g/mol. The number of aromatic nitrogens is 2. The molecule has 0 aliphatic rings. The first-order valence-corrected chi connectivity index (χ1v) is 6.70. The lowest BCUT2D eigenvalue weighted by Gasteiger charge is -2.16. The summed E-state index contributed by atoms with van der Waals surface area (Å²) in [7, 11) is 0. The highest BCUT2D eigenvalue weighted by atomic mass is 16.5. The number of hydrogen-bond acceptors (Lipinski definition) is 5. The van der Waals surface area contributed by atoms with E-state index in [1.54, 1.807) is 0 Å². The maximum absolute atomic E-state index is 9.31. The standard InChI is InChI=1S/C14H21N3O2/c1-5-11-12(8-15)14(17-16-13(11)6-2)19-10(4)9-18-7-3/h10H,5-7,9H2,1-4H3. The molecule has 5 heteroatoms. The molecule has 19 heavy (non-hydrogen) atoms. The van der Waals surface area contributed by atoms with Gasteiger partial charge in [-0.2, -0.15) is 10.4 Å². The molecule has 0 fully saturated rings. The smallest absolute Gasteiger partial charge is 0.252 e. The van der Waals surface area contributed by atoms with Gasteiger partial charge in [0.1, 0.15) is 17.7 Å². The van der Waals surface area contributed by atoms with Gasteiger partial charge in [-0.15, -0.1) is 5.10 Å². The van der Waals surface area contributed by atoms with E-state index in [2.05, 4.69) is 16.3 Å². The van der Waals surface area contributed by atoms with E-state index in [0.717, 1.165) is 24.1 Å². The molecule has 1 rings (SSSR count). The highest BCUT2D eigenvalue weighted by molar-refractivity contribution is 5.46. The predicted molar refractivity (Wildman–Crippen MR) is 72.1 cm³/mol. The Morgan fingerprint density at radius 3 is 2.47 bits per heavy atom. The number of nitriles is 1. The maximum Gasteiger partial charge on any atom is 0.252 e. The summed E-state index contributed by atoms with van der Waals surface area (Å²) in [5.41, 5.74) is 2.29. The molecular formula is C14H21N3O2. The van der Waals surface area contributed by atoms with E-state index in [0.29, 0.717) is 24.7 Å². The van der Waals surface area contributed by atoms with Crippen molar-refractivity contribution in [2.45, 2.75) is 46.6 Å². The molecule has 0 aromatic carbocycles. The minimum atomic E-state index is -0.154. The van der Waals surface area contributed by atoms with Crippen molar-refractivity contribution in [1.29, 1.82) is 5.26 Å². The number of rotatable bonds is 7. The number of ether oxygens (including phenoxy) is 2. The van der Waals surface area contributed by atoms with Crippen LogP contribution in [0.25, 0.3) is 0 Å². The summed E-state index contributed by atoms with van der Waals surface area (Å²) in [6, 6.07) is 2.18. The number of hydrogen-bond donors (Lipinski definition) is 0. The fraction of sp³-hybridized carbons (Fsp3) is 0.643. The Morgan fingerprint density at radius 1 is 1.21 bits per heavy atom. The molecule has 0 saturated heterocycles. The second-order valence-corrected chi connectivity index (χ2v) is 4.21. The lowest BCUT2D eigenvalue weighted by atomic mass is 10.0. The van der Waals surface area contributed by atoms with E-state index < -0.39 is 0 Å². The third-order valence-corrected chi connectivity index (χ3v) is 2.80. The van der Waals surface area contributed by atoms with Crippen LogP contribution in [-0.4, -0.2) is 29.5 Å². The second-order valence-electron chi connectivity index (χ2n) is 4.21. The summed E-state index contributed by atoms with van der Waals surface area (Å²) < 4.78 is 10.9. The average Bonchev–Trinajstić information content (AvgIpc) is 2.44. The summed E-state index contributed by atoms with van der Waals surface area (Å²) in [6.07, 6.45) is 1.36. The quantitative estimate of drug-likeness (QED) is 0.755. The van der Waals surface area contributed by atoms with Gasteiger partial charge >= 0.3 is 0 Å². The first-order chi connectivity index (χ1) is 9.17. The molecule has 1 heterocycles. The van der Waals surface area contributed by atoms with Gasteiger partial charge in [-0.3, -0.25) is 0 Å². The van der Waals surface area contributed by atoms with E-state index in [1.807, 2.05) is 27.7 Å². The molecule has 0 saturated carbocycles. The minimum absolute atomic E-state index is 0.154. The van der Waals surface area contributed by atoms with Crippen molar-refractivity contribution in [3.63, 3.8) is 0 Å². The Kier molecular flexibility index (Phi) is 6.23. The van der Waals surface area contributed by atoms with Crippen molar-refractivity contribution >= 4 is 0 Å². The van der Waals surface area contributed by atoms with Gasteiger partial charge in [0.15, 0.2) is 0 Å². The summed E-state index contributed by atoms with van der Waals surface area (Å²) in [4.78, 5) is 0. The van der Waals surface area contributed by atoms with Crippen molar-refractivity contribution in [3.05, 3.63) is 16.8 Å². The molecular weight excluding hydrogens is 242 g/mol. The first kappa shape index (κ1) is 15.4. The van der Waals surface area contributed by atoms with E-state index in [1.165, 1.54) is 0 Å². The van der Waals surface area contributed by atoms with Crippen molar-refractivity contribution < 1.29 is 9.47 Å². The molecule has 1 aromatic heterocycles. The van der Waals surface area contributed by atoms with Crippen molar-refractivity contribution in [2.75, 3.05) is 13.2 Å². The molecule has 0 aliphatic heterocycles. The second kappa shape index (κ2) is 7.70. The summed E-state index contributed by atoms with van der Waals surface area (Å²) in [5, 5.41) is 17.5. The normalized spacial score (nSPS) is 11.9. The molecule has 0 N–H and O–H groups in total. The van der Waals surface area contributed by atoms with Crippen molar-refractivity contribution in [1.82, 2.24) is 10.2 Å². The van der Waals surface area contributed by atoms with Crippen molar-refractivity contribution in [3.8, 4) is 11.9 Å². The molecule has 0 spiro atoms. The maximum atomic E-state index is 9.31. The third kappa shape index (κ3) is 3.90. The molecule has 5 nitrogen and oxygen atoms in total. The van der Waals surface area contributed by atoms with Crippen molar-refractivity contribution in [2.24, 2.45) is 0 Å². The van der Waals surface area contributed by atoms with Gasteiger partial charge in [0.2, 0.25) is 0 Å². The molecule has 1 unspecified atom stereocenters. The average molecular weight is 263 g/mol. The minimum Gasteiger partial charge on any atom is -0.470 e. The van der Waals surface area contributed by atoms with Gasteiger partial charge in [0.25, 0.3) is 5.88 Å². The SMILES string of the molecule is CCOCC(C)Oc1nnc(CC)c(CC)c1C#N. The van der Waals surface area contributed by atoms with Gasteiger partial charge < -0.3 is 9.47 Å². The lowest BCUT2D eigenvalue weighted by Crippen LogP contribution is -2.21. The molecule has 0 aliphatic carbocycles. The molecule has 0 amide bonds. The Balaban J connectivity index is 2.99. The molecule has 0 radical (unpaired) electrons. The Morgan fingerprint density at radius 2 is 1.95 bits per heavy atom. The van der Waals surface area contributed by atoms with Gasteiger partial charge in [-0.25, -0.2) is 0 Å². The fourth-order valence-electron chi connectivity index (χ4n) is 1.86. The van der Waals surface area contributed by atoms with Crippen LogP contribution in [0.15, 0.2) is 0 Å². The fourth-order valence-corrected chi connectivity index (χ4v) is 1.86. The number of aryl methyl sites for hydroxylation is 1. The zero-order valence-corrected chi connectivity index (χ0v) is 12.1. The number of nitrogens with zero attached hydrogens (tertiary/aromatic N) is 3. The zero-order valence-electron chi connectivity index (χ0n) is 12.1. The predicted octanol–water partition coefficient (Wildman–Crippen LogP) is 2.28. The molecule has 0 bridgehead atoms. The van der Waals surface area contributed by atoms with Gasteiger partial charge in [0, 0.05) is 6.61 Å².